The van der Waals surface area contributed by atoms with Crippen LogP contribution < -0.4 is 14.4 Å². The summed E-state index contributed by atoms with van der Waals surface area (Å²) in [6.45, 7) is 0.287. The maximum Gasteiger partial charge on any atom is 0.318 e. The molecule has 0 radical (unpaired) electrons. The molecule has 2 aromatic rings. The highest BCUT2D eigenvalue weighted by Crippen LogP contribution is 2.17. The number of hydrogen-bond acceptors (Lipinski definition) is 5. The molecule has 106 valence electrons. The predicted octanol–water partition coefficient (Wildman–Crippen LogP) is 2.27. The van der Waals surface area contributed by atoms with Gasteiger partial charge in [0, 0.05) is 14.1 Å². The Morgan fingerprint density at radius 3 is 2.80 bits per heavy atom. The zero-order valence-corrected chi connectivity index (χ0v) is 11.6. The molecule has 0 unspecified atom stereocenters. The van der Waals surface area contributed by atoms with Crippen LogP contribution in [-0.2, 0) is 6.61 Å². The summed E-state index contributed by atoms with van der Waals surface area (Å²) in [4.78, 5) is 9.39. The van der Waals surface area contributed by atoms with E-state index in [4.69, 9.17) is 9.47 Å². The third-order valence-electron chi connectivity index (χ3n) is 2.63. The number of anilines is 1. The minimum absolute atomic E-state index is 0.137. The SMILES string of the molecule is COc1cccc(COc2ncc(F)c(N(C)C)n2)c1. The van der Waals surface area contributed by atoms with E-state index in [1.807, 2.05) is 24.3 Å². The highest BCUT2D eigenvalue weighted by molar-refractivity contribution is 5.37. The smallest absolute Gasteiger partial charge is 0.318 e. The molecule has 1 aromatic carbocycles. The van der Waals surface area contributed by atoms with E-state index in [9.17, 15) is 4.39 Å². The highest BCUT2D eigenvalue weighted by Gasteiger charge is 2.09. The van der Waals surface area contributed by atoms with Gasteiger partial charge in [0.05, 0.1) is 13.3 Å². The molecule has 0 saturated heterocycles. The lowest BCUT2D eigenvalue weighted by atomic mass is 10.2. The number of ether oxygens (including phenoxy) is 2. The van der Waals surface area contributed by atoms with E-state index in [2.05, 4.69) is 9.97 Å². The van der Waals surface area contributed by atoms with Crippen molar-refractivity contribution < 1.29 is 13.9 Å². The van der Waals surface area contributed by atoms with Crippen LogP contribution in [0.5, 0.6) is 11.8 Å². The van der Waals surface area contributed by atoms with Crippen LogP contribution in [0.3, 0.4) is 0 Å². The average molecular weight is 277 g/mol. The van der Waals surface area contributed by atoms with Crippen molar-refractivity contribution in [3.8, 4) is 11.8 Å². The van der Waals surface area contributed by atoms with Crippen LogP contribution in [-0.4, -0.2) is 31.2 Å². The molecule has 0 spiro atoms. The lowest BCUT2D eigenvalue weighted by Crippen LogP contribution is -2.14. The Morgan fingerprint density at radius 1 is 1.30 bits per heavy atom. The lowest BCUT2D eigenvalue weighted by Gasteiger charge is -2.13. The second-order valence-corrected chi connectivity index (χ2v) is 4.36. The molecule has 0 aliphatic rings. The number of rotatable bonds is 5. The van der Waals surface area contributed by atoms with Crippen LogP contribution >= 0.6 is 0 Å². The standard InChI is InChI=1S/C14H16FN3O2/c1-18(2)13-12(15)8-16-14(17-13)20-9-10-5-4-6-11(7-10)19-3/h4-8H,9H2,1-3H3. The fraction of sp³-hybridized carbons (Fsp3) is 0.286. The van der Waals surface area contributed by atoms with E-state index in [-0.39, 0.29) is 18.4 Å². The average Bonchev–Trinajstić information content (AvgIpc) is 2.46. The molecular formula is C14H16FN3O2. The molecule has 0 aliphatic heterocycles. The summed E-state index contributed by atoms with van der Waals surface area (Å²) in [5.41, 5.74) is 0.920. The molecule has 6 heteroatoms. The molecule has 0 amide bonds. The van der Waals surface area contributed by atoms with Crippen molar-refractivity contribution >= 4 is 5.82 Å². The molecule has 0 aliphatic carbocycles. The van der Waals surface area contributed by atoms with Gasteiger partial charge in [-0.2, -0.15) is 4.98 Å². The number of benzene rings is 1. The van der Waals surface area contributed by atoms with Crippen LogP contribution in [0.15, 0.2) is 30.5 Å². The summed E-state index contributed by atoms with van der Waals surface area (Å²) in [6, 6.07) is 7.61. The van der Waals surface area contributed by atoms with Crippen molar-refractivity contribution in [3.05, 3.63) is 41.8 Å². The first-order valence-corrected chi connectivity index (χ1v) is 6.05. The predicted molar refractivity (Wildman–Crippen MR) is 73.6 cm³/mol. The number of nitrogens with zero attached hydrogens (tertiary/aromatic N) is 3. The Labute approximate surface area is 117 Å². The van der Waals surface area contributed by atoms with Crippen LogP contribution in [0.4, 0.5) is 10.2 Å². The van der Waals surface area contributed by atoms with Crippen molar-refractivity contribution in [1.82, 2.24) is 9.97 Å². The fourth-order valence-electron chi connectivity index (χ4n) is 1.64. The third-order valence-corrected chi connectivity index (χ3v) is 2.63. The maximum absolute atomic E-state index is 13.4. The Bertz CT molecular complexity index is 590. The molecule has 20 heavy (non-hydrogen) atoms. The topological polar surface area (TPSA) is 47.5 Å². The van der Waals surface area contributed by atoms with E-state index in [1.165, 1.54) is 0 Å². The molecule has 1 aromatic heterocycles. The summed E-state index contributed by atoms with van der Waals surface area (Å²) in [6.07, 6.45) is 1.10. The molecule has 2 rings (SSSR count). The quantitative estimate of drug-likeness (QED) is 0.839. The van der Waals surface area contributed by atoms with Crippen LogP contribution in [0.2, 0.25) is 0 Å². The van der Waals surface area contributed by atoms with E-state index in [1.54, 1.807) is 26.1 Å². The van der Waals surface area contributed by atoms with Crippen LogP contribution in [0.1, 0.15) is 5.56 Å². The van der Waals surface area contributed by atoms with Gasteiger partial charge in [0.25, 0.3) is 0 Å². The highest BCUT2D eigenvalue weighted by atomic mass is 19.1. The Balaban J connectivity index is 2.08. The first-order valence-electron chi connectivity index (χ1n) is 6.05. The molecule has 0 bridgehead atoms. The number of halogens is 1. The largest absolute Gasteiger partial charge is 0.497 e. The van der Waals surface area contributed by atoms with Gasteiger partial charge in [0.2, 0.25) is 0 Å². The maximum atomic E-state index is 13.4. The van der Waals surface area contributed by atoms with E-state index < -0.39 is 5.82 Å². The Hall–Kier alpha value is -2.37. The minimum Gasteiger partial charge on any atom is -0.497 e. The molecule has 1 heterocycles. The molecule has 5 nitrogen and oxygen atoms in total. The second kappa shape index (κ2) is 6.18. The Morgan fingerprint density at radius 2 is 2.10 bits per heavy atom. The number of hydrogen-bond donors (Lipinski definition) is 0. The second-order valence-electron chi connectivity index (χ2n) is 4.36. The van der Waals surface area contributed by atoms with Crippen molar-refractivity contribution in [2.45, 2.75) is 6.61 Å². The van der Waals surface area contributed by atoms with Gasteiger partial charge in [-0.05, 0) is 17.7 Å². The van der Waals surface area contributed by atoms with Gasteiger partial charge in [-0.3, -0.25) is 0 Å². The summed E-state index contributed by atoms with van der Waals surface area (Å²) in [5, 5.41) is 0. The monoisotopic (exact) mass is 277 g/mol. The first-order chi connectivity index (χ1) is 9.60. The fourth-order valence-corrected chi connectivity index (χ4v) is 1.64. The minimum atomic E-state index is -0.483. The Kier molecular flexibility index (Phi) is 4.34. The zero-order valence-electron chi connectivity index (χ0n) is 11.6. The van der Waals surface area contributed by atoms with Gasteiger partial charge in [-0.15, -0.1) is 0 Å². The van der Waals surface area contributed by atoms with E-state index in [0.717, 1.165) is 17.5 Å². The normalized spacial score (nSPS) is 10.2. The molecular weight excluding hydrogens is 261 g/mol. The van der Waals surface area contributed by atoms with Gasteiger partial charge in [0.15, 0.2) is 11.6 Å². The molecule has 0 saturated carbocycles. The number of aromatic nitrogens is 2. The summed E-state index contributed by atoms with van der Waals surface area (Å²) < 4.78 is 24.0. The molecule has 0 N–H and O–H groups in total. The molecule has 0 atom stereocenters. The van der Waals surface area contributed by atoms with Crippen LogP contribution in [0.25, 0.3) is 0 Å². The third kappa shape index (κ3) is 3.34. The van der Waals surface area contributed by atoms with Gasteiger partial charge in [-0.25, -0.2) is 9.37 Å². The zero-order chi connectivity index (χ0) is 14.5. The van der Waals surface area contributed by atoms with Crippen molar-refractivity contribution in [3.63, 3.8) is 0 Å². The van der Waals surface area contributed by atoms with Crippen LogP contribution in [0, 0.1) is 5.82 Å². The molecule has 0 fully saturated rings. The summed E-state index contributed by atoms with van der Waals surface area (Å²) in [7, 11) is 5.01. The van der Waals surface area contributed by atoms with E-state index in [0.29, 0.717) is 0 Å². The lowest BCUT2D eigenvalue weighted by molar-refractivity contribution is 0.279. The van der Waals surface area contributed by atoms with Crippen molar-refractivity contribution in [2.24, 2.45) is 0 Å². The summed E-state index contributed by atoms with van der Waals surface area (Å²) in [5.74, 6) is 0.462. The van der Waals surface area contributed by atoms with Gasteiger partial charge in [0.1, 0.15) is 12.4 Å². The van der Waals surface area contributed by atoms with Crippen molar-refractivity contribution in [2.75, 3.05) is 26.1 Å². The van der Waals surface area contributed by atoms with Gasteiger partial charge < -0.3 is 14.4 Å². The van der Waals surface area contributed by atoms with E-state index >= 15 is 0 Å². The summed E-state index contributed by atoms with van der Waals surface area (Å²) >= 11 is 0. The van der Waals surface area contributed by atoms with Gasteiger partial charge >= 0.3 is 6.01 Å². The van der Waals surface area contributed by atoms with Crippen molar-refractivity contribution in [1.29, 1.82) is 0 Å². The van der Waals surface area contributed by atoms with Gasteiger partial charge in [-0.1, -0.05) is 12.1 Å². The first kappa shape index (κ1) is 14.0. The number of methoxy groups -OCH3 is 1.